The number of methoxy groups -OCH3 is 2. The van der Waals surface area contributed by atoms with Crippen molar-refractivity contribution in [2.24, 2.45) is 0 Å². The Morgan fingerprint density at radius 2 is 1.30 bits per heavy atom. The van der Waals surface area contributed by atoms with Crippen LogP contribution in [0.3, 0.4) is 0 Å². The molecule has 2 aromatic carbocycles. The minimum absolute atomic E-state index is 0.0247. The molecule has 0 saturated carbocycles. The summed E-state index contributed by atoms with van der Waals surface area (Å²) in [5, 5.41) is 11.3. The van der Waals surface area contributed by atoms with Crippen molar-refractivity contribution in [3.63, 3.8) is 0 Å². The maximum atomic E-state index is 12.2. The van der Waals surface area contributed by atoms with Crippen molar-refractivity contribution in [2.45, 2.75) is 0 Å². The molecule has 8 nitrogen and oxygen atoms in total. The maximum absolute atomic E-state index is 12.2. The van der Waals surface area contributed by atoms with Crippen LogP contribution in [-0.2, 0) is 0 Å². The van der Waals surface area contributed by atoms with Crippen LogP contribution in [0.25, 0.3) is 21.8 Å². The van der Waals surface area contributed by atoms with Crippen LogP contribution < -0.4 is 14.2 Å². The SMILES string of the molecule is COc1cc2ncnc(Cl)c2cc1O.COc1cc2ncnc(Cl)c2cc1OCF.FCI. The first kappa shape index (κ1) is 26.7. The van der Waals surface area contributed by atoms with Gasteiger partial charge in [-0.1, -0.05) is 23.2 Å². The number of hydrogen-bond donors (Lipinski definition) is 1. The Morgan fingerprint density at radius 3 is 1.79 bits per heavy atom. The molecular formula is C20H17Cl2F2IN4O4. The molecule has 0 aliphatic carbocycles. The van der Waals surface area contributed by atoms with Crippen LogP contribution in [0.15, 0.2) is 36.9 Å². The van der Waals surface area contributed by atoms with Gasteiger partial charge in [-0.3, -0.25) is 0 Å². The molecule has 0 saturated heterocycles. The lowest BCUT2D eigenvalue weighted by atomic mass is 10.2. The van der Waals surface area contributed by atoms with Gasteiger partial charge in [-0.25, -0.2) is 28.7 Å². The zero-order valence-electron chi connectivity index (χ0n) is 17.2. The van der Waals surface area contributed by atoms with Gasteiger partial charge in [0.2, 0.25) is 6.86 Å². The van der Waals surface area contributed by atoms with Crippen LogP contribution in [-0.4, -0.2) is 50.8 Å². The number of phenols is 1. The molecule has 4 rings (SSSR count). The van der Waals surface area contributed by atoms with E-state index in [1.165, 1.54) is 32.9 Å². The third-order valence-electron chi connectivity index (χ3n) is 3.97. The van der Waals surface area contributed by atoms with E-state index in [1.54, 1.807) is 40.8 Å². The normalized spacial score (nSPS) is 10.0. The predicted octanol–water partition coefficient (Wildman–Crippen LogP) is 5.94. The van der Waals surface area contributed by atoms with Crippen molar-refractivity contribution in [1.82, 2.24) is 19.9 Å². The lowest BCUT2D eigenvalue weighted by Crippen LogP contribution is -1.95. The second kappa shape index (κ2) is 13.3. The first-order valence-corrected chi connectivity index (χ1v) is 11.1. The molecule has 176 valence electrons. The van der Waals surface area contributed by atoms with Gasteiger partial charge in [0.1, 0.15) is 27.6 Å². The number of ether oxygens (including phenoxy) is 3. The summed E-state index contributed by atoms with van der Waals surface area (Å²) in [6, 6.07) is 6.26. The van der Waals surface area contributed by atoms with Gasteiger partial charge in [-0.15, -0.1) is 0 Å². The topological polar surface area (TPSA) is 99.5 Å². The molecule has 0 aliphatic heterocycles. The fourth-order valence-electron chi connectivity index (χ4n) is 2.57. The molecular weight excluding hydrogens is 596 g/mol. The molecule has 13 heteroatoms. The Hall–Kier alpha value is -2.51. The predicted molar refractivity (Wildman–Crippen MR) is 130 cm³/mol. The molecule has 0 radical (unpaired) electrons. The lowest BCUT2D eigenvalue weighted by molar-refractivity contribution is 0.185. The van der Waals surface area contributed by atoms with Crippen LogP contribution in [0.4, 0.5) is 8.78 Å². The summed E-state index contributed by atoms with van der Waals surface area (Å²) < 4.78 is 36.9. The van der Waals surface area contributed by atoms with Gasteiger partial charge in [0.05, 0.1) is 25.3 Å². The Kier molecular flexibility index (Phi) is 10.7. The Labute approximate surface area is 211 Å². The largest absolute Gasteiger partial charge is 0.504 e. The highest BCUT2D eigenvalue weighted by molar-refractivity contribution is 14.1. The maximum Gasteiger partial charge on any atom is 0.228 e. The van der Waals surface area contributed by atoms with E-state index in [2.05, 4.69) is 19.9 Å². The van der Waals surface area contributed by atoms with Crippen LogP contribution in [0.2, 0.25) is 10.3 Å². The van der Waals surface area contributed by atoms with E-state index in [9.17, 15) is 13.9 Å². The first-order valence-electron chi connectivity index (χ1n) is 8.86. The standard InChI is InChI=1S/C10H8ClFN2O2.C9H7ClN2O2.CH2FI/c1-15-8-3-7-6(2-9(8)16-4-12)10(11)14-5-13-7;1-14-8-3-6-5(2-7(8)13)9(10)12-4-11-6;2-1-3/h2-3,5H,4H2,1H3;2-4,13H,1H3;1H2. The quantitative estimate of drug-likeness (QED) is 0.172. The minimum atomic E-state index is -0.937. The van der Waals surface area contributed by atoms with Crippen molar-refractivity contribution in [1.29, 1.82) is 0 Å². The molecule has 0 unspecified atom stereocenters. The highest BCUT2D eigenvalue weighted by Gasteiger charge is 2.10. The molecule has 0 fully saturated rings. The van der Waals surface area contributed by atoms with Crippen LogP contribution >= 0.6 is 45.8 Å². The average Bonchev–Trinajstić information content (AvgIpc) is 2.81. The smallest absolute Gasteiger partial charge is 0.228 e. The number of alkyl halides is 3. The highest BCUT2D eigenvalue weighted by atomic mass is 127. The molecule has 0 amide bonds. The Balaban J connectivity index is 0.000000210. The summed E-state index contributed by atoms with van der Waals surface area (Å²) in [5.74, 6) is 1.07. The summed E-state index contributed by atoms with van der Waals surface area (Å²) in [6.07, 6.45) is 2.71. The average molecular weight is 613 g/mol. The van der Waals surface area contributed by atoms with E-state index in [-0.39, 0.29) is 21.3 Å². The van der Waals surface area contributed by atoms with Gasteiger partial charge in [0, 0.05) is 22.9 Å². The van der Waals surface area contributed by atoms with Gasteiger partial charge in [0.15, 0.2) is 23.0 Å². The molecule has 1 N–H and O–H groups in total. The van der Waals surface area contributed by atoms with Crippen molar-refractivity contribution in [3.05, 3.63) is 47.2 Å². The molecule has 0 bridgehead atoms. The first-order chi connectivity index (χ1) is 15.9. The molecule has 4 aromatic rings. The van der Waals surface area contributed by atoms with E-state index >= 15 is 0 Å². The molecule has 0 aliphatic rings. The van der Waals surface area contributed by atoms with E-state index < -0.39 is 6.86 Å². The highest BCUT2D eigenvalue weighted by Crippen LogP contribution is 2.34. The third kappa shape index (κ3) is 6.98. The van der Waals surface area contributed by atoms with Gasteiger partial charge in [0.25, 0.3) is 0 Å². The number of halogens is 5. The number of nitrogens with zero attached hydrogens (tertiary/aromatic N) is 4. The van der Waals surface area contributed by atoms with Crippen LogP contribution in [0, 0.1) is 0 Å². The zero-order valence-corrected chi connectivity index (χ0v) is 20.9. The zero-order chi connectivity index (χ0) is 24.4. The van der Waals surface area contributed by atoms with Crippen molar-refractivity contribution in [2.75, 3.05) is 25.8 Å². The summed E-state index contributed by atoms with van der Waals surface area (Å²) in [4.78, 5) is 15.7. The van der Waals surface area contributed by atoms with Crippen LogP contribution in [0.1, 0.15) is 0 Å². The van der Waals surface area contributed by atoms with Crippen molar-refractivity contribution < 1.29 is 28.1 Å². The molecule has 0 spiro atoms. The van der Waals surface area contributed by atoms with Gasteiger partial charge < -0.3 is 19.3 Å². The molecule has 33 heavy (non-hydrogen) atoms. The van der Waals surface area contributed by atoms with E-state index in [0.29, 0.717) is 38.5 Å². The summed E-state index contributed by atoms with van der Waals surface area (Å²) in [6.45, 7) is -0.937. The number of aromatic nitrogens is 4. The number of fused-ring (bicyclic) bond motifs is 2. The third-order valence-corrected chi connectivity index (χ3v) is 4.57. The second-order valence-electron chi connectivity index (χ2n) is 5.74. The van der Waals surface area contributed by atoms with Crippen molar-refractivity contribution in [3.8, 4) is 23.0 Å². The number of benzene rings is 2. The lowest BCUT2D eigenvalue weighted by Gasteiger charge is -2.09. The molecule has 0 atom stereocenters. The molecule has 2 aromatic heterocycles. The molecule has 2 heterocycles. The second-order valence-corrected chi connectivity index (χ2v) is 7.04. The summed E-state index contributed by atoms with van der Waals surface area (Å²) in [5.41, 5.74) is 1.25. The number of hydrogen-bond acceptors (Lipinski definition) is 8. The minimum Gasteiger partial charge on any atom is -0.504 e. The number of aromatic hydroxyl groups is 1. The van der Waals surface area contributed by atoms with Gasteiger partial charge >= 0.3 is 0 Å². The Bertz CT molecular complexity index is 1220. The monoisotopic (exact) mass is 612 g/mol. The van der Waals surface area contributed by atoms with Gasteiger partial charge in [-0.05, 0) is 34.7 Å². The van der Waals surface area contributed by atoms with Gasteiger partial charge in [-0.2, -0.15) is 0 Å². The Morgan fingerprint density at radius 1 is 0.818 bits per heavy atom. The van der Waals surface area contributed by atoms with E-state index in [0.717, 1.165) is 0 Å². The van der Waals surface area contributed by atoms with E-state index in [1.807, 2.05) is 0 Å². The number of phenolic OH excluding ortho intramolecular Hbond substituents is 1. The number of rotatable bonds is 4. The summed E-state index contributed by atoms with van der Waals surface area (Å²) in [7, 11) is 2.94. The van der Waals surface area contributed by atoms with Crippen molar-refractivity contribution >= 4 is 67.6 Å². The fourth-order valence-corrected chi connectivity index (χ4v) is 2.96. The fraction of sp³-hybridized carbons (Fsp3) is 0.200. The van der Waals surface area contributed by atoms with E-state index in [4.69, 9.17) is 37.4 Å². The summed E-state index contributed by atoms with van der Waals surface area (Å²) >= 11 is 13.3. The van der Waals surface area contributed by atoms with Crippen LogP contribution in [0.5, 0.6) is 23.0 Å².